The molecule has 1 aromatic carbocycles. The van der Waals surface area contributed by atoms with E-state index < -0.39 is 11.9 Å². The Hall–Kier alpha value is -2.05. The van der Waals surface area contributed by atoms with E-state index in [0.29, 0.717) is 6.61 Å². The van der Waals surface area contributed by atoms with Crippen molar-refractivity contribution in [3.63, 3.8) is 0 Å². The molecule has 1 aromatic rings. The molecule has 1 fully saturated rings. The number of carbonyl (C=O) groups excluding carboxylic acids is 3. The molecule has 0 heterocycles. The molecule has 0 N–H and O–H groups in total. The molecule has 8 heteroatoms. The predicted molar refractivity (Wildman–Crippen MR) is 108 cm³/mol. The van der Waals surface area contributed by atoms with Gasteiger partial charge in [-0.2, -0.15) is 0 Å². The van der Waals surface area contributed by atoms with Crippen molar-refractivity contribution in [2.45, 2.75) is 33.6 Å². The highest BCUT2D eigenvalue weighted by molar-refractivity contribution is 6.45. The van der Waals surface area contributed by atoms with Crippen molar-refractivity contribution in [3.8, 4) is 0 Å². The zero-order valence-corrected chi connectivity index (χ0v) is 17.6. The minimum absolute atomic E-state index is 0.0389. The molecular weight excluding hydrogens is 405 g/mol. The second-order valence-electron chi connectivity index (χ2n) is 6.16. The molecule has 1 aliphatic rings. The average Bonchev–Trinajstić information content (AvgIpc) is 3.51. The highest BCUT2D eigenvalue weighted by Gasteiger charge is 2.37. The lowest BCUT2D eigenvalue weighted by atomic mass is 9.97. The van der Waals surface area contributed by atoms with E-state index in [-0.39, 0.29) is 51.7 Å². The van der Waals surface area contributed by atoms with E-state index in [1.807, 2.05) is 0 Å². The largest absolute Gasteiger partial charge is 0.501 e. The van der Waals surface area contributed by atoms with E-state index in [4.69, 9.17) is 32.7 Å². The topological polar surface area (TPSA) is 72.9 Å². The van der Waals surface area contributed by atoms with Gasteiger partial charge in [0.05, 0.1) is 35.2 Å². The molecule has 0 atom stereocenters. The summed E-state index contributed by atoms with van der Waals surface area (Å²) in [5.74, 6) is -1.01. The first-order valence-corrected chi connectivity index (χ1v) is 9.95. The number of benzene rings is 1. The molecule has 152 valence electrons. The summed E-state index contributed by atoms with van der Waals surface area (Å²) >= 11 is 12.5. The number of amides is 1. The van der Waals surface area contributed by atoms with Gasteiger partial charge in [0.25, 0.3) is 0 Å². The van der Waals surface area contributed by atoms with Crippen LogP contribution in [0.3, 0.4) is 0 Å². The third-order valence-electron chi connectivity index (χ3n) is 4.21. The molecule has 6 nitrogen and oxygen atoms in total. The van der Waals surface area contributed by atoms with E-state index in [1.54, 1.807) is 20.8 Å². The van der Waals surface area contributed by atoms with Crippen LogP contribution in [0.5, 0.6) is 0 Å². The fraction of sp³-hybridized carbons (Fsp3) is 0.450. The summed E-state index contributed by atoms with van der Waals surface area (Å²) < 4.78 is 10.3. The monoisotopic (exact) mass is 427 g/mol. The third-order valence-corrected chi connectivity index (χ3v) is 5.01. The summed E-state index contributed by atoms with van der Waals surface area (Å²) in [6.07, 6.45) is 2.02. The van der Waals surface area contributed by atoms with Crippen LogP contribution in [0.1, 0.15) is 44.0 Å². The molecular formula is C20H23Cl2NO5. The van der Waals surface area contributed by atoms with E-state index in [0.717, 1.165) is 12.8 Å². The summed E-state index contributed by atoms with van der Waals surface area (Å²) in [6, 6.07) is 2.91. The molecule has 28 heavy (non-hydrogen) atoms. The summed E-state index contributed by atoms with van der Waals surface area (Å²) in [5.41, 5.74) is 0.138. The van der Waals surface area contributed by atoms with Crippen LogP contribution in [0.25, 0.3) is 0 Å². The maximum atomic E-state index is 13.3. The molecule has 0 aliphatic heterocycles. The summed E-state index contributed by atoms with van der Waals surface area (Å²) in [4.78, 5) is 39.5. The van der Waals surface area contributed by atoms with Gasteiger partial charge in [0.15, 0.2) is 5.78 Å². The van der Waals surface area contributed by atoms with Crippen molar-refractivity contribution in [2.24, 2.45) is 5.92 Å². The lowest BCUT2D eigenvalue weighted by Crippen LogP contribution is -2.33. The predicted octanol–water partition coefficient (Wildman–Crippen LogP) is 5.06. The molecule has 0 saturated heterocycles. The number of anilines is 1. The van der Waals surface area contributed by atoms with Crippen LogP contribution in [-0.2, 0) is 14.3 Å². The molecule has 0 bridgehead atoms. The number of rotatable bonds is 9. The Balaban J connectivity index is 2.56. The third kappa shape index (κ3) is 4.86. The molecule has 1 saturated carbocycles. The lowest BCUT2D eigenvalue weighted by molar-refractivity contribution is -0.116. The molecule has 1 aliphatic carbocycles. The Kier molecular flexibility index (Phi) is 7.89. The van der Waals surface area contributed by atoms with Crippen LogP contribution in [0.4, 0.5) is 10.5 Å². The normalized spacial score (nSPS) is 13.8. The number of halogens is 2. The molecule has 0 unspecified atom stereocenters. The highest BCUT2D eigenvalue weighted by Crippen LogP contribution is 2.39. The van der Waals surface area contributed by atoms with Gasteiger partial charge in [-0.3, -0.25) is 14.5 Å². The number of hydrogen-bond acceptors (Lipinski definition) is 5. The Labute approximate surface area is 174 Å². The van der Waals surface area contributed by atoms with Gasteiger partial charge in [-0.1, -0.05) is 23.2 Å². The van der Waals surface area contributed by atoms with Crippen molar-refractivity contribution in [3.05, 3.63) is 39.6 Å². The second-order valence-corrected chi connectivity index (χ2v) is 6.94. The lowest BCUT2D eigenvalue weighted by Gasteiger charge is -2.24. The van der Waals surface area contributed by atoms with Crippen LogP contribution < -0.4 is 4.90 Å². The van der Waals surface area contributed by atoms with Crippen LogP contribution in [0.2, 0.25) is 10.0 Å². The maximum absolute atomic E-state index is 13.3. The van der Waals surface area contributed by atoms with Gasteiger partial charge in [0, 0.05) is 18.0 Å². The molecule has 0 aromatic heterocycles. The molecule has 2 rings (SSSR count). The van der Waals surface area contributed by atoms with E-state index in [9.17, 15) is 14.4 Å². The van der Waals surface area contributed by atoms with Gasteiger partial charge < -0.3 is 9.47 Å². The van der Waals surface area contributed by atoms with Gasteiger partial charge in [0.2, 0.25) is 5.78 Å². The second kappa shape index (κ2) is 9.94. The summed E-state index contributed by atoms with van der Waals surface area (Å²) in [5, 5.41) is 0.219. The first kappa shape index (κ1) is 22.2. The van der Waals surface area contributed by atoms with Gasteiger partial charge in [0.1, 0.15) is 5.57 Å². The van der Waals surface area contributed by atoms with Gasteiger partial charge in [-0.25, -0.2) is 4.79 Å². The standard InChI is InChI=1S/C20H23Cl2NO5/c1-4-23(20(26)28-6-3)17-13(9-10-15(21)16(17)22)19(25)14(11-27-5-2)18(24)12-7-8-12/h9-12H,4-8H2,1-3H3. The Morgan fingerprint density at radius 1 is 1.14 bits per heavy atom. The minimum atomic E-state index is -0.660. The number of Topliss-reactive ketones (excluding diaryl/α,β-unsaturated/α-hetero) is 2. The maximum Gasteiger partial charge on any atom is 0.414 e. The van der Waals surface area contributed by atoms with Crippen molar-refractivity contribution < 1.29 is 23.9 Å². The summed E-state index contributed by atoms with van der Waals surface area (Å²) in [7, 11) is 0. The first-order valence-electron chi connectivity index (χ1n) is 9.20. The SMILES string of the molecule is CCOC=C(C(=O)c1ccc(Cl)c(Cl)c1N(CC)C(=O)OCC)C(=O)C1CC1. The summed E-state index contributed by atoms with van der Waals surface area (Å²) in [6.45, 7) is 5.81. The number of allylic oxidation sites excluding steroid dienone is 1. The minimum Gasteiger partial charge on any atom is -0.501 e. The number of ether oxygens (including phenoxy) is 2. The van der Waals surface area contributed by atoms with Crippen molar-refractivity contribution in [1.29, 1.82) is 0 Å². The van der Waals surface area contributed by atoms with Crippen LogP contribution >= 0.6 is 23.2 Å². The fourth-order valence-corrected chi connectivity index (χ4v) is 3.09. The molecule has 1 amide bonds. The number of hydrogen-bond donors (Lipinski definition) is 0. The van der Waals surface area contributed by atoms with Gasteiger partial charge in [-0.15, -0.1) is 0 Å². The van der Waals surface area contributed by atoms with Gasteiger partial charge >= 0.3 is 6.09 Å². The Morgan fingerprint density at radius 3 is 2.36 bits per heavy atom. The average molecular weight is 428 g/mol. The van der Waals surface area contributed by atoms with Gasteiger partial charge in [-0.05, 0) is 45.7 Å². The smallest absolute Gasteiger partial charge is 0.414 e. The highest BCUT2D eigenvalue weighted by atomic mass is 35.5. The Morgan fingerprint density at radius 2 is 1.82 bits per heavy atom. The molecule has 0 spiro atoms. The van der Waals surface area contributed by atoms with Crippen molar-refractivity contribution in [2.75, 3.05) is 24.7 Å². The number of carbonyl (C=O) groups is 3. The number of nitrogens with zero attached hydrogens (tertiary/aromatic N) is 1. The number of ketones is 2. The van der Waals surface area contributed by atoms with E-state index in [1.165, 1.54) is 23.3 Å². The van der Waals surface area contributed by atoms with Crippen LogP contribution in [0.15, 0.2) is 24.0 Å². The van der Waals surface area contributed by atoms with E-state index >= 15 is 0 Å². The zero-order chi connectivity index (χ0) is 20.8. The zero-order valence-electron chi connectivity index (χ0n) is 16.1. The fourth-order valence-electron chi connectivity index (χ4n) is 2.67. The van der Waals surface area contributed by atoms with Crippen LogP contribution in [0, 0.1) is 5.92 Å². The quantitative estimate of drug-likeness (QED) is 0.181. The van der Waals surface area contributed by atoms with Crippen molar-refractivity contribution in [1.82, 2.24) is 0 Å². The van der Waals surface area contributed by atoms with E-state index in [2.05, 4.69) is 0 Å². The van der Waals surface area contributed by atoms with Crippen molar-refractivity contribution >= 4 is 46.5 Å². The molecule has 0 radical (unpaired) electrons. The first-order chi connectivity index (χ1) is 13.4. The van der Waals surface area contributed by atoms with Crippen LogP contribution in [-0.4, -0.2) is 37.4 Å². The Bertz CT molecular complexity index is 802.